The number of halogens is 2. The van der Waals surface area contributed by atoms with Crippen LogP contribution in [0.4, 0.5) is 8.78 Å². The molecule has 116 valence electrons. The molecular formula is C18H20F2N2. The van der Waals surface area contributed by atoms with Gasteiger partial charge in [-0.05, 0) is 55.6 Å². The van der Waals surface area contributed by atoms with E-state index in [2.05, 4.69) is 16.0 Å². The molecule has 0 N–H and O–H groups in total. The maximum absolute atomic E-state index is 13.3. The molecule has 0 saturated carbocycles. The highest BCUT2D eigenvalue weighted by molar-refractivity contribution is 5.18. The first-order chi connectivity index (χ1) is 10.7. The third kappa shape index (κ3) is 3.69. The molecule has 0 aliphatic carbocycles. The van der Waals surface area contributed by atoms with E-state index in [1.54, 1.807) is 0 Å². The number of hydrogen-bond acceptors (Lipinski definition) is 2. The fourth-order valence-corrected chi connectivity index (χ4v) is 3.19. The Kier molecular flexibility index (Phi) is 4.78. The number of nitrogens with zero attached hydrogens (tertiary/aromatic N) is 2. The highest BCUT2D eigenvalue weighted by atomic mass is 19.1. The first-order valence-corrected chi connectivity index (χ1v) is 7.82. The number of hydrogen-bond donors (Lipinski definition) is 0. The van der Waals surface area contributed by atoms with Crippen molar-refractivity contribution in [3.63, 3.8) is 0 Å². The summed E-state index contributed by atoms with van der Waals surface area (Å²) in [7, 11) is 0. The zero-order valence-electron chi connectivity index (χ0n) is 12.5. The van der Waals surface area contributed by atoms with E-state index < -0.39 is 11.6 Å². The molecule has 0 spiro atoms. The number of rotatable bonds is 4. The van der Waals surface area contributed by atoms with Crippen LogP contribution in [0.25, 0.3) is 0 Å². The van der Waals surface area contributed by atoms with Gasteiger partial charge in [-0.15, -0.1) is 0 Å². The van der Waals surface area contributed by atoms with Gasteiger partial charge in [0.15, 0.2) is 0 Å². The first kappa shape index (κ1) is 15.1. The maximum atomic E-state index is 13.3. The largest absolute Gasteiger partial charge is 0.294 e. The van der Waals surface area contributed by atoms with Gasteiger partial charge in [0.2, 0.25) is 0 Å². The fourth-order valence-electron chi connectivity index (χ4n) is 3.19. The molecule has 0 bridgehead atoms. The molecule has 1 saturated heterocycles. The second kappa shape index (κ2) is 6.97. The second-order valence-electron chi connectivity index (χ2n) is 5.83. The summed E-state index contributed by atoms with van der Waals surface area (Å²) in [5.74, 6) is -1.01. The molecule has 1 aliphatic heterocycles. The summed E-state index contributed by atoms with van der Waals surface area (Å²) in [6, 6.07) is 10.1. The number of pyridine rings is 1. The Labute approximate surface area is 129 Å². The van der Waals surface area contributed by atoms with Crippen molar-refractivity contribution < 1.29 is 8.78 Å². The molecular weight excluding hydrogens is 282 g/mol. The van der Waals surface area contributed by atoms with Crippen molar-refractivity contribution in [2.45, 2.75) is 31.7 Å². The Bertz CT molecular complexity index is 595. The average Bonchev–Trinajstić information content (AvgIpc) is 2.53. The minimum atomic E-state index is -0.505. The third-order valence-corrected chi connectivity index (χ3v) is 4.25. The van der Waals surface area contributed by atoms with Crippen molar-refractivity contribution in [2.24, 2.45) is 0 Å². The third-order valence-electron chi connectivity index (χ3n) is 4.25. The topological polar surface area (TPSA) is 16.1 Å². The summed E-state index contributed by atoms with van der Waals surface area (Å²) >= 11 is 0. The molecule has 1 fully saturated rings. The summed E-state index contributed by atoms with van der Waals surface area (Å²) < 4.78 is 26.5. The van der Waals surface area contributed by atoms with Crippen LogP contribution in [0.3, 0.4) is 0 Å². The SMILES string of the molecule is Fc1cc(F)cc(CCN2CCCC[C@H]2c2ccccn2)c1. The smallest absolute Gasteiger partial charge is 0.126 e. The number of aromatic nitrogens is 1. The monoisotopic (exact) mass is 302 g/mol. The summed E-state index contributed by atoms with van der Waals surface area (Å²) in [5.41, 5.74) is 1.80. The Morgan fingerprint density at radius 1 is 1.09 bits per heavy atom. The molecule has 2 aromatic rings. The van der Waals surface area contributed by atoms with Crippen LogP contribution in [0.5, 0.6) is 0 Å². The van der Waals surface area contributed by atoms with Crippen LogP contribution in [-0.4, -0.2) is 23.0 Å². The minimum Gasteiger partial charge on any atom is -0.294 e. The van der Waals surface area contributed by atoms with Crippen molar-refractivity contribution in [2.75, 3.05) is 13.1 Å². The van der Waals surface area contributed by atoms with Crippen LogP contribution < -0.4 is 0 Å². The highest BCUT2D eigenvalue weighted by Gasteiger charge is 2.24. The molecule has 4 heteroatoms. The lowest BCUT2D eigenvalue weighted by molar-refractivity contribution is 0.147. The normalized spacial score (nSPS) is 19.3. The molecule has 2 nitrogen and oxygen atoms in total. The van der Waals surface area contributed by atoms with E-state index >= 15 is 0 Å². The van der Waals surface area contributed by atoms with E-state index in [1.165, 1.54) is 25.0 Å². The van der Waals surface area contributed by atoms with E-state index in [0.717, 1.165) is 31.3 Å². The Balaban J connectivity index is 1.69. The number of benzene rings is 1. The number of likely N-dealkylation sites (tertiary alicyclic amines) is 1. The lowest BCUT2D eigenvalue weighted by atomic mass is 9.98. The predicted octanol–water partition coefficient (Wildman–Crippen LogP) is 4.13. The summed E-state index contributed by atoms with van der Waals surface area (Å²) in [6.45, 7) is 1.81. The van der Waals surface area contributed by atoms with Crippen LogP contribution in [0.1, 0.15) is 36.6 Å². The molecule has 1 aliphatic rings. The van der Waals surface area contributed by atoms with Crippen LogP contribution in [0.2, 0.25) is 0 Å². The van der Waals surface area contributed by atoms with Crippen LogP contribution in [0, 0.1) is 11.6 Å². The fraction of sp³-hybridized carbons (Fsp3) is 0.389. The van der Waals surface area contributed by atoms with Gasteiger partial charge in [0.1, 0.15) is 11.6 Å². The maximum Gasteiger partial charge on any atom is 0.126 e. The summed E-state index contributed by atoms with van der Waals surface area (Å²) in [4.78, 5) is 6.86. The first-order valence-electron chi connectivity index (χ1n) is 7.82. The van der Waals surface area contributed by atoms with E-state index in [-0.39, 0.29) is 0 Å². The van der Waals surface area contributed by atoms with Gasteiger partial charge in [0.25, 0.3) is 0 Å². The van der Waals surface area contributed by atoms with Crippen LogP contribution in [-0.2, 0) is 6.42 Å². The van der Waals surface area contributed by atoms with Gasteiger partial charge in [-0.25, -0.2) is 8.78 Å². The van der Waals surface area contributed by atoms with Crippen molar-refractivity contribution in [1.82, 2.24) is 9.88 Å². The van der Waals surface area contributed by atoms with Gasteiger partial charge < -0.3 is 0 Å². The molecule has 0 unspecified atom stereocenters. The molecule has 1 atom stereocenters. The summed E-state index contributed by atoms with van der Waals surface area (Å²) in [6.07, 6.45) is 5.93. The zero-order chi connectivity index (χ0) is 15.4. The zero-order valence-corrected chi connectivity index (χ0v) is 12.5. The Morgan fingerprint density at radius 3 is 2.64 bits per heavy atom. The molecule has 0 amide bonds. The predicted molar refractivity (Wildman–Crippen MR) is 82.5 cm³/mol. The molecule has 22 heavy (non-hydrogen) atoms. The molecule has 2 heterocycles. The molecule has 1 aromatic heterocycles. The van der Waals surface area contributed by atoms with Gasteiger partial charge in [-0.2, -0.15) is 0 Å². The van der Waals surface area contributed by atoms with Crippen molar-refractivity contribution in [3.05, 3.63) is 65.5 Å². The van der Waals surface area contributed by atoms with E-state index in [0.29, 0.717) is 18.0 Å². The molecule has 3 rings (SSSR count). The van der Waals surface area contributed by atoms with Crippen LogP contribution >= 0.6 is 0 Å². The second-order valence-corrected chi connectivity index (χ2v) is 5.83. The average molecular weight is 302 g/mol. The van der Waals surface area contributed by atoms with Gasteiger partial charge in [0, 0.05) is 18.8 Å². The van der Waals surface area contributed by atoms with Crippen molar-refractivity contribution in [1.29, 1.82) is 0 Å². The van der Waals surface area contributed by atoms with Gasteiger partial charge in [-0.3, -0.25) is 9.88 Å². The Morgan fingerprint density at radius 2 is 1.91 bits per heavy atom. The van der Waals surface area contributed by atoms with Crippen molar-refractivity contribution in [3.8, 4) is 0 Å². The highest BCUT2D eigenvalue weighted by Crippen LogP contribution is 2.29. The van der Waals surface area contributed by atoms with Gasteiger partial charge in [-0.1, -0.05) is 12.5 Å². The van der Waals surface area contributed by atoms with E-state index in [4.69, 9.17) is 0 Å². The summed E-state index contributed by atoms with van der Waals surface area (Å²) in [5, 5.41) is 0. The van der Waals surface area contributed by atoms with Gasteiger partial charge in [0.05, 0.1) is 11.7 Å². The van der Waals surface area contributed by atoms with Crippen molar-refractivity contribution >= 4 is 0 Å². The molecule has 1 aromatic carbocycles. The standard InChI is InChI=1S/C18H20F2N2/c19-15-11-14(12-16(20)13-15)7-10-22-9-4-2-6-18(22)17-5-1-3-8-21-17/h1,3,5,8,11-13,18H,2,4,6-7,9-10H2/t18-/m0/s1. The quantitative estimate of drug-likeness (QED) is 0.844. The minimum absolute atomic E-state index is 0.313. The Hall–Kier alpha value is -1.81. The van der Waals surface area contributed by atoms with Gasteiger partial charge >= 0.3 is 0 Å². The number of piperidine rings is 1. The van der Waals surface area contributed by atoms with Crippen LogP contribution in [0.15, 0.2) is 42.6 Å². The van der Waals surface area contributed by atoms with E-state index in [1.807, 2.05) is 18.3 Å². The lowest BCUT2D eigenvalue weighted by Gasteiger charge is -2.35. The van der Waals surface area contributed by atoms with E-state index in [9.17, 15) is 8.78 Å². The lowest BCUT2D eigenvalue weighted by Crippen LogP contribution is -2.35. The molecule has 0 radical (unpaired) electrons.